The molecule has 1 aliphatic rings. The van der Waals surface area contributed by atoms with E-state index >= 15 is 0 Å². The molecule has 3 aromatic carbocycles. The highest BCUT2D eigenvalue weighted by atomic mass is 35.5. The van der Waals surface area contributed by atoms with E-state index in [1.165, 1.54) is 13.2 Å². The number of fused-ring (bicyclic) bond motifs is 1. The normalized spacial score (nSPS) is 13.5. The van der Waals surface area contributed by atoms with E-state index in [1.54, 1.807) is 68.6 Å². The molecule has 1 aliphatic heterocycles. The Hall–Kier alpha value is -3.77. The van der Waals surface area contributed by atoms with Gasteiger partial charge in [-0.3, -0.25) is 4.79 Å². The van der Waals surface area contributed by atoms with E-state index in [1.807, 2.05) is 0 Å². The van der Waals surface area contributed by atoms with Crippen molar-refractivity contribution >= 4 is 29.4 Å². The zero-order valence-corrected chi connectivity index (χ0v) is 18.4. The second kappa shape index (κ2) is 8.77. The lowest BCUT2D eigenvalue weighted by Gasteiger charge is -2.10. The maximum atomic E-state index is 12.9. The number of methoxy groups -OCH3 is 2. The van der Waals surface area contributed by atoms with Crippen LogP contribution in [-0.4, -0.2) is 26.0 Å². The molecule has 0 amide bonds. The summed E-state index contributed by atoms with van der Waals surface area (Å²) in [5, 5.41) is 0.433. The molecule has 6 nitrogen and oxygen atoms in total. The molecule has 0 aliphatic carbocycles. The molecular weight excluding hydrogens is 432 g/mol. The van der Waals surface area contributed by atoms with Gasteiger partial charge >= 0.3 is 5.97 Å². The van der Waals surface area contributed by atoms with E-state index in [9.17, 15) is 9.59 Å². The zero-order chi connectivity index (χ0) is 22.8. The van der Waals surface area contributed by atoms with Crippen LogP contribution >= 0.6 is 11.6 Å². The van der Waals surface area contributed by atoms with Gasteiger partial charge in [0.1, 0.15) is 23.0 Å². The van der Waals surface area contributed by atoms with Gasteiger partial charge < -0.3 is 18.9 Å². The van der Waals surface area contributed by atoms with Crippen molar-refractivity contribution in [1.29, 1.82) is 0 Å². The molecule has 7 heteroatoms. The number of carbonyl (C=O) groups is 2. The minimum absolute atomic E-state index is 0.143. The summed E-state index contributed by atoms with van der Waals surface area (Å²) < 4.78 is 22.0. The Morgan fingerprint density at radius 2 is 1.81 bits per heavy atom. The van der Waals surface area contributed by atoms with E-state index in [0.717, 1.165) is 0 Å². The summed E-state index contributed by atoms with van der Waals surface area (Å²) in [5.41, 5.74) is 1.91. The quantitative estimate of drug-likeness (QED) is 0.290. The fraction of sp³-hybridized carbons (Fsp3) is 0.120. The van der Waals surface area contributed by atoms with Crippen molar-refractivity contribution in [3.8, 4) is 23.0 Å². The van der Waals surface area contributed by atoms with Gasteiger partial charge in [-0.05, 0) is 55.5 Å². The summed E-state index contributed by atoms with van der Waals surface area (Å²) in [4.78, 5) is 25.4. The molecule has 0 saturated heterocycles. The summed E-state index contributed by atoms with van der Waals surface area (Å²) >= 11 is 5.95. The number of allylic oxidation sites excluding steroid dienone is 1. The van der Waals surface area contributed by atoms with E-state index in [0.29, 0.717) is 50.3 Å². The lowest BCUT2D eigenvalue weighted by atomic mass is 10.1. The molecule has 4 rings (SSSR count). The summed E-state index contributed by atoms with van der Waals surface area (Å²) in [5.74, 6) is 1.14. The van der Waals surface area contributed by atoms with Crippen molar-refractivity contribution < 1.29 is 28.5 Å². The van der Waals surface area contributed by atoms with Crippen LogP contribution in [0.5, 0.6) is 23.0 Å². The fourth-order valence-corrected chi connectivity index (χ4v) is 3.52. The predicted molar refractivity (Wildman–Crippen MR) is 120 cm³/mol. The Balaban J connectivity index is 1.62. The average Bonchev–Trinajstić information content (AvgIpc) is 3.12. The highest BCUT2D eigenvalue weighted by Gasteiger charge is 2.31. The molecule has 32 heavy (non-hydrogen) atoms. The maximum Gasteiger partial charge on any atom is 0.343 e. The SMILES string of the molecule is COc1ccc(/C=C2\Oc3c(ccc(OC(=O)c4cccc(Cl)c4)c3C)C2=O)c(OC)c1. The topological polar surface area (TPSA) is 71.1 Å². The van der Waals surface area contributed by atoms with Gasteiger partial charge in [-0.2, -0.15) is 0 Å². The summed E-state index contributed by atoms with van der Waals surface area (Å²) in [6.45, 7) is 1.73. The molecule has 0 spiro atoms. The summed E-state index contributed by atoms with van der Waals surface area (Å²) in [6, 6.07) is 14.9. The van der Waals surface area contributed by atoms with Crippen LogP contribution in [0.1, 0.15) is 31.8 Å². The second-order valence-electron chi connectivity index (χ2n) is 7.01. The van der Waals surface area contributed by atoms with Crippen LogP contribution in [0.2, 0.25) is 5.02 Å². The Labute approximate surface area is 189 Å². The third-order valence-electron chi connectivity index (χ3n) is 5.03. The van der Waals surface area contributed by atoms with Crippen molar-refractivity contribution in [2.75, 3.05) is 14.2 Å². The highest BCUT2D eigenvalue weighted by molar-refractivity contribution is 6.30. The fourth-order valence-electron chi connectivity index (χ4n) is 3.33. The van der Waals surface area contributed by atoms with Crippen LogP contribution < -0.4 is 18.9 Å². The van der Waals surface area contributed by atoms with Crippen LogP contribution in [0.25, 0.3) is 6.08 Å². The van der Waals surface area contributed by atoms with E-state index in [4.69, 9.17) is 30.5 Å². The van der Waals surface area contributed by atoms with Gasteiger partial charge in [0.2, 0.25) is 5.78 Å². The van der Waals surface area contributed by atoms with Crippen molar-refractivity contribution in [3.05, 3.63) is 87.6 Å². The van der Waals surface area contributed by atoms with Crippen molar-refractivity contribution in [1.82, 2.24) is 0 Å². The Bertz CT molecular complexity index is 1260. The van der Waals surface area contributed by atoms with Crippen LogP contribution in [0.3, 0.4) is 0 Å². The van der Waals surface area contributed by atoms with Crippen molar-refractivity contribution in [2.45, 2.75) is 6.92 Å². The maximum absolute atomic E-state index is 12.9. The van der Waals surface area contributed by atoms with Gasteiger partial charge in [0.05, 0.1) is 25.3 Å². The molecular formula is C25H19ClO6. The number of Topliss-reactive ketones (excluding diaryl/α,β-unsaturated/α-hetero) is 1. The average molecular weight is 451 g/mol. The van der Waals surface area contributed by atoms with Gasteiger partial charge in [-0.25, -0.2) is 4.79 Å². The van der Waals surface area contributed by atoms with Crippen LogP contribution in [0.4, 0.5) is 0 Å². The first-order valence-corrected chi connectivity index (χ1v) is 10.1. The number of halogens is 1. The minimum atomic E-state index is -0.557. The monoisotopic (exact) mass is 450 g/mol. The molecule has 0 aromatic heterocycles. The van der Waals surface area contributed by atoms with Crippen LogP contribution in [0.15, 0.2) is 60.4 Å². The van der Waals surface area contributed by atoms with Gasteiger partial charge in [0.25, 0.3) is 0 Å². The Kier molecular flexibility index (Phi) is 5.88. The number of rotatable bonds is 5. The lowest BCUT2D eigenvalue weighted by Crippen LogP contribution is -2.09. The number of esters is 1. The molecule has 1 heterocycles. The molecule has 162 valence electrons. The molecule has 3 aromatic rings. The largest absolute Gasteiger partial charge is 0.497 e. The smallest absolute Gasteiger partial charge is 0.343 e. The first kappa shape index (κ1) is 21.5. The Morgan fingerprint density at radius 3 is 2.53 bits per heavy atom. The molecule has 0 fully saturated rings. The molecule has 0 saturated carbocycles. The lowest BCUT2D eigenvalue weighted by molar-refractivity contribution is 0.0733. The number of carbonyl (C=O) groups excluding carboxylic acids is 2. The second-order valence-corrected chi connectivity index (χ2v) is 7.45. The molecule has 0 atom stereocenters. The van der Waals surface area contributed by atoms with E-state index < -0.39 is 5.97 Å². The molecule has 0 N–H and O–H groups in total. The third-order valence-corrected chi connectivity index (χ3v) is 5.26. The van der Waals surface area contributed by atoms with E-state index in [2.05, 4.69) is 0 Å². The zero-order valence-electron chi connectivity index (χ0n) is 17.6. The summed E-state index contributed by atoms with van der Waals surface area (Å²) in [6.07, 6.45) is 1.61. The highest BCUT2D eigenvalue weighted by Crippen LogP contribution is 2.40. The molecule has 0 unspecified atom stereocenters. The number of ether oxygens (including phenoxy) is 4. The standard InChI is InChI=1S/C25H19ClO6/c1-14-20(32-25(28)16-5-4-6-17(26)11-16)10-9-19-23(27)22(31-24(14)19)12-15-7-8-18(29-2)13-21(15)30-3/h4-13H,1-3H3/b22-12-. The number of ketones is 1. The minimum Gasteiger partial charge on any atom is -0.497 e. The van der Waals surface area contributed by atoms with Gasteiger partial charge in [0, 0.05) is 22.2 Å². The first-order valence-electron chi connectivity index (χ1n) is 9.69. The van der Waals surface area contributed by atoms with Gasteiger partial charge in [-0.1, -0.05) is 17.7 Å². The number of hydrogen-bond donors (Lipinski definition) is 0. The third kappa shape index (κ3) is 4.05. The molecule has 0 bridgehead atoms. The van der Waals surface area contributed by atoms with Crippen molar-refractivity contribution in [3.63, 3.8) is 0 Å². The van der Waals surface area contributed by atoms with E-state index in [-0.39, 0.29) is 11.5 Å². The van der Waals surface area contributed by atoms with Crippen LogP contribution in [0, 0.1) is 6.92 Å². The summed E-state index contributed by atoms with van der Waals surface area (Å²) in [7, 11) is 3.10. The van der Waals surface area contributed by atoms with Crippen LogP contribution in [-0.2, 0) is 0 Å². The Morgan fingerprint density at radius 1 is 1.00 bits per heavy atom. The number of hydrogen-bond acceptors (Lipinski definition) is 6. The molecule has 0 radical (unpaired) electrons. The van der Waals surface area contributed by atoms with Gasteiger partial charge in [-0.15, -0.1) is 0 Å². The first-order chi connectivity index (χ1) is 15.4. The predicted octanol–water partition coefficient (Wildman–Crippen LogP) is 5.50. The van der Waals surface area contributed by atoms with Crippen molar-refractivity contribution in [2.24, 2.45) is 0 Å². The van der Waals surface area contributed by atoms with Gasteiger partial charge in [0.15, 0.2) is 5.76 Å². The number of benzene rings is 3.